The molecule has 0 saturated carbocycles. The third-order valence-corrected chi connectivity index (χ3v) is 2.08. The summed E-state index contributed by atoms with van der Waals surface area (Å²) in [6.45, 7) is 9.13. The fraction of sp³-hybridized carbons (Fsp3) is 0.727. The first-order chi connectivity index (χ1) is 7.03. The molecule has 0 aliphatic carbocycles. The van der Waals surface area contributed by atoms with Gasteiger partial charge in [-0.05, 0) is 0 Å². The number of carbonyl (C=O) groups excluding carboxylic acids is 1. The Morgan fingerprint density at radius 3 is 2.67 bits per heavy atom. The Morgan fingerprint density at radius 1 is 1.53 bits per heavy atom. The molecule has 4 heteroatoms. The zero-order chi connectivity index (χ0) is 11.3. The molecule has 0 aromatic rings. The Morgan fingerprint density at radius 2 is 2.13 bits per heavy atom. The summed E-state index contributed by atoms with van der Waals surface area (Å²) in [6, 6.07) is 0. The van der Waals surface area contributed by atoms with E-state index in [1.54, 1.807) is 0 Å². The van der Waals surface area contributed by atoms with Gasteiger partial charge in [-0.3, -0.25) is 0 Å². The topological polar surface area (TPSA) is 44.8 Å². The Kier molecular flexibility index (Phi) is 4.29. The lowest BCUT2D eigenvalue weighted by Gasteiger charge is -2.34. The summed E-state index contributed by atoms with van der Waals surface area (Å²) in [7, 11) is 0. The number of hydrogen-bond acceptors (Lipinski definition) is 4. The van der Waals surface area contributed by atoms with Gasteiger partial charge in [0, 0.05) is 17.9 Å². The van der Waals surface area contributed by atoms with Crippen LogP contribution in [0.15, 0.2) is 12.7 Å². The molecule has 15 heavy (non-hydrogen) atoms. The summed E-state index contributed by atoms with van der Waals surface area (Å²) >= 11 is 0. The molecule has 1 fully saturated rings. The van der Waals surface area contributed by atoms with Crippen LogP contribution in [0, 0.1) is 5.41 Å². The maximum Gasteiger partial charge on any atom is 0.330 e. The maximum absolute atomic E-state index is 10.7. The van der Waals surface area contributed by atoms with Crippen LogP contribution in [0.2, 0.25) is 0 Å². The van der Waals surface area contributed by atoms with Gasteiger partial charge in [-0.25, -0.2) is 4.79 Å². The second-order valence-electron chi connectivity index (χ2n) is 4.38. The number of ether oxygens (including phenoxy) is 3. The molecule has 1 heterocycles. The average Bonchev–Trinajstić information content (AvgIpc) is 2.20. The van der Waals surface area contributed by atoms with E-state index in [4.69, 9.17) is 14.2 Å². The molecule has 0 unspecified atom stereocenters. The predicted molar refractivity (Wildman–Crippen MR) is 55.2 cm³/mol. The van der Waals surface area contributed by atoms with E-state index in [1.807, 2.05) is 0 Å². The quantitative estimate of drug-likeness (QED) is 0.525. The van der Waals surface area contributed by atoms with Crippen LogP contribution < -0.4 is 0 Å². The summed E-state index contributed by atoms with van der Waals surface area (Å²) in [5.74, 6) is -0.411. The summed E-state index contributed by atoms with van der Waals surface area (Å²) in [5.41, 5.74) is 0.0777. The standard InChI is InChI=1S/C11H18O4/c1-4-9(12)13-6-5-10-14-7-11(2,3)8-15-10/h4,10H,1,5-8H2,2-3H3. The first-order valence-corrected chi connectivity index (χ1v) is 5.06. The van der Waals surface area contributed by atoms with Crippen molar-refractivity contribution in [1.82, 2.24) is 0 Å². The molecule has 0 aromatic carbocycles. The van der Waals surface area contributed by atoms with Gasteiger partial charge < -0.3 is 14.2 Å². The lowest BCUT2D eigenvalue weighted by Crippen LogP contribution is -2.38. The number of esters is 1. The van der Waals surface area contributed by atoms with Gasteiger partial charge in [0.05, 0.1) is 19.8 Å². The van der Waals surface area contributed by atoms with Crippen molar-refractivity contribution in [2.24, 2.45) is 5.41 Å². The Bertz CT molecular complexity index is 225. The number of carbonyl (C=O) groups is 1. The first kappa shape index (κ1) is 12.2. The maximum atomic E-state index is 10.7. The van der Waals surface area contributed by atoms with Gasteiger partial charge in [-0.15, -0.1) is 0 Å². The minimum atomic E-state index is -0.411. The van der Waals surface area contributed by atoms with Gasteiger partial charge in [0.2, 0.25) is 0 Å². The SMILES string of the molecule is C=CC(=O)OCCC1OCC(C)(C)CO1. The summed E-state index contributed by atoms with van der Waals surface area (Å²) in [4.78, 5) is 10.7. The third-order valence-electron chi connectivity index (χ3n) is 2.08. The first-order valence-electron chi connectivity index (χ1n) is 5.06. The Hall–Kier alpha value is -0.870. The van der Waals surface area contributed by atoms with Crippen molar-refractivity contribution >= 4 is 5.97 Å². The van der Waals surface area contributed by atoms with Crippen molar-refractivity contribution in [3.8, 4) is 0 Å². The highest BCUT2D eigenvalue weighted by Crippen LogP contribution is 2.23. The van der Waals surface area contributed by atoms with E-state index in [1.165, 1.54) is 0 Å². The molecule has 0 bridgehead atoms. The minimum Gasteiger partial charge on any atom is -0.462 e. The van der Waals surface area contributed by atoms with Crippen LogP contribution in [-0.2, 0) is 19.0 Å². The zero-order valence-corrected chi connectivity index (χ0v) is 9.32. The highest BCUT2D eigenvalue weighted by atomic mass is 16.7. The van der Waals surface area contributed by atoms with Crippen molar-refractivity contribution in [2.75, 3.05) is 19.8 Å². The smallest absolute Gasteiger partial charge is 0.330 e. The Labute approximate surface area is 90.2 Å². The number of rotatable bonds is 4. The second kappa shape index (κ2) is 5.28. The minimum absolute atomic E-state index is 0.0777. The highest BCUT2D eigenvalue weighted by molar-refractivity contribution is 5.81. The summed E-state index contributed by atoms with van der Waals surface area (Å²) in [6.07, 6.45) is 1.46. The van der Waals surface area contributed by atoms with Crippen molar-refractivity contribution < 1.29 is 19.0 Å². The van der Waals surface area contributed by atoms with Gasteiger partial charge in [-0.2, -0.15) is 0 Å². The highest BCUT2D eigenvalue weighted by Gasteiger charge is 2.28. The summed E-state index contributed by atoms with van der Waals surface area (Å²) in [5, 5.41) is 0. The predicted octanol–water partition coefficient (Wildman–Crippen LogP) is 1.50. The molecule has 0 N–H and O–H groups in total. The molecule has 1 saturated heterocycles. The largest absolute Gasteiger partial charge is 0.462 e. The molecule has 0 radical (unpaired) electrons. The van der Waals surface area contributed by atoms with Crippen LogP contribution in [-0.4, -0.2) is 32.1 Å². The van der Waals surface area contributed by atoms with Gasteiger partial charge >= 0.3 is 5.97 Å². The lowest BCUT2D eigenvalue weighted by atomic mass is 9.95. The zero-order valence-electron chi connectivity index (χ0n) is 9.32. The van der Waals surface area contributed by atoms with Gasteiger partial charge in [0.25, 0.3) is 0 Å². The molecule has 0 aromatic heterocycles. The normalized spacial score (nSPS) is 20.9. The average molecular weight is 214 g/mol. The van der Waals surface area contributed by atoms with Crippen LogP contribution >= 0.6 is 0 Å². The van der Waals surface area contributed by atoms with Gasteiger partial charge in [0.15, 0.2) is 6.29 Å². The molecule has 4 nitrogen and oxygen atoms in total. The van der Waals surface area contributed by atoms with E-state index in [-0.39, 0.29) is 11.7 Å². The van der Waals surface area contributed by atoms with Gasteiger partial charge in [-0.1, -0.05) is 20.4 Å². The van der Waals surface area contributed by atoms with Crippen LogP contribution in [0.3, 0.4) is 0 Å². The van der Waals surface area contributed by atoms with Crippen molar-refractivity contribution in [3.05, 3.63) is 12.7 Å². The van der Waals surface area contributed by atoms with E-state index in [2.05, 4.69) is 20.4 Å². The van der Waals surface area contributed by atoms with Crippen LogP contribution in [0.5, 0.6) is 0 Å². The van der Waals surface area contributed by atoms with Crippen LogP contribution in [0.1, 0.15) is 20.3 Å². The molecular weight excluding hydrogens is 196 g/mol. The molecule has 0 amide bonds. The van der Waals surface area contributed by atoms with Crippen LogP contribution in [0.25, 0.3) is 0 Å². The molecular formula is C11H18O4. The Balaban J connectivity index is 2.14. The van der Waals surface area contributed by atoms with E-state index in [9.17, 15) is 4.79 Å². The molecule has 1 aliphatic heterocycles. The van der Waals surface area contributed by atoms with Crippen molar-refractivity contribution in [3.63, 3.8) is 0 Å². The molecule has 1 aliphatic rings. The molecule has 86 valence electrons. The monoisotopic (exact) mass is 214 g/mol. The molecule has 0 spiro atoms. The van der Waals surface area contributed by atoms with E-state index >= 15 is 0 Å². The van der Waals surface area contributed by atoms with Crippen molar-refractivity contribution in [2.45, 2.75) is 26.6 Å². The third kappa shape index (κ3) is 4.44. The van der Waals surface area contributed by atoms with Crippen molar-refractivity contribution in [1.29, 1.82) is 0 Å². The van der Waals surface area contributed by atoms with E-state index in [0.29, 0.717) is 26.2 Å². The van der Waals surface area contributed by atoms with E-state index < -0.39 is 5.97 Å². The fourth-order valence-electron chi connectivity index (χ4n) is 1.21. The van der Waals surface area contributed by atoms with E-state index in [0.717, 1.165) is 6.08 Å². The molecule has 1 rings (SSSR count). The number of hydrogen-bond donors (Lipinski definition) is 0. The lowest BCUT2D eigenvalue weighted by molar-refractivity contribution is -0.226. The van der Waals surface area contributed by atoms with Gasteiger partial charge in [0.1, 0.15) is 0 Å². The van der Waals surface area contributed by atoms with Crippen LogP contribution in [0.4, 0.5) is 0 Å². The second-order valence-corrected chi connectivity index (χ2v) is 4.38. The summed E-state index contributed by atoms with van der Waals surface area (Å²) < 4.78 is 15.8. The molecule has 0 atom stereocenters. The fourth-order valence-corrected chi connectivity index (χ4v) is 1.21.